The first-order valence-electron chi connectivity index (χ1n) is 6.65. The van der Waals surface area contributed by atoms with E-state index in [9.17, 15) is 0 Å². The van der Waals surface area contributed by atoms with E-state index in [0.29, 0.717) is 0 Å². The maximum atomic E-state index is 5.47. The molecular weight excluding hydrogens is 290 g/mol. The molecule has 106 valence electrons. The van der Waals surface area contributed by atoms with Gasteiger partial charge in [-0.25, -0.2) is 4.98 Å². The molecule has 0 radical (unpaired) electrons. The first-order chi connectivity index (χ1) is 9.60. The topological polar surface area (TPSA) is 51.4 Å². The van der Waals surface area contributed by atoms with Crippen molar-refractivity contribution in [3.8, 4) is 0 Å². The van der Waals surface area contributed by atoms with Crippen LogP contribution >= 0.6 is 23.6 Å². The van der Waals surface area contributed by atoms with Gasteiger partial charge in [-0.1, -0.05) is 13.3 Å². The van der Waals surface area contributed by atoms with Crippen molar-refractivity contribution in [1.29, 1.82) is 0 Å². The van der Waals surface area contributed by atoms with E-state index in [4.69, 9.17) is 12.2 Å². The highest BCUT2D eigenvalue weighted by atomic mass is 32.1. The molecule has 3 aromatic heterocycles. The van der Waals surface area contributed by atoms with Crippen LogP contribution in [0, 0.1) is 11.7 Å². The number of rotatable bonds is 4. The Morgan fingerprint density at radius 3 is 2.90 bits per heavy atom. The predicted molar refractivity (Wildman–Crippen MR) is 83.8 cm³/mol. The number of thiazole rings is 1. The van der Waals surface area contributed by atoms with Crippen molar-refractivity contribution in [2.24, 2.45) is 7.05 Å². The molecule has 0 aliphatic rings. The summed E-state index contributed by atoms with van der Waals surface area (Å²) in [6, 6.07) is 0. The van der Waals surface area contributed by atoms with Gasteiger partial charge in [0.1, 0.15) is 5.52 Å². The van der Waals surface area contributed by atoms with Gasteiger partial charge in [-0.05, 0) is 25.6 Å². The second kappa shape index (κ2) is 5.14. The summed E-state index contributed by atoms with van der Waals surface area (Å²) in [5.74, 6) is 0. The smallest absolute Gasteiger partial charge is 0.179 e. The maximum Gasteiger partial charge on any atom is 0.179 e. The minimum absolute atomic E-state index is 0.745. The normalized spacial score (nSPS) is 11.6. The molecule has 5 nitrogen and oxygen atoms in total. The largest absolute Gasteiger partial charge is 0.328 e. The van der Waals surface area contributed by atoms with E-state index < -0.39 is 0 Å². The standard InChI is InChI=1S/C13H17N5S2/c1-4-5-10-11-12(17(3)16-10)18(13(19)15-11)7-9-6-14-8(2)20-9/h6H,4-5,7H2,1-3H3,(H,15,19). The molecule has 0 aromatic carbocycles. The second-order valence-electron chi connectivity index (χ2n) is 4.88. The highest BCUT2D eigenvalue weighted by Gasteiger charge is 2.15. The Morgan fingerprint density at radius 2 is 2.25 bits per heavy atom. The Balaban J connectivity index is 2.10. The van der Waals surface area contributed by atoms with Crippen molar-refractivity contribution in [2.75, 3.05) is 0 Å². The molecule has 0 saturated heterocycles. The predicted octanol–water partition coefficient (Wildman–Crippen LogP) is 3.20. The van der Waals surface area contributed by atoms with Crippen molar-refractivity contribution in [1.82, 2.24) is 24.3 Å². The lowest BCUT2D eigenvalue weighted by molar-refractivity contribution is 0.705. The number of nitrogens with zero attached hydrogens (tertiary/aromatic N) is 4. The van der Waals surface area contributed by atoms with Gasteiger partial charge in [-0.2, -0.15) is 5.10 Å². The van der Waals surface area contributed by atoms with E-state index >= 15 is 0 Å². The van der Waals surface area contributed by atoms with E-state index in [1.807, 2.05) is 24.9 Å². The van der Waals surface area contributed by atoms with Crippen LogP contribution in [0.25, 0.3) is 11.2 Å². The fourth-order valence-electron chi connectivity index (χ4n) is 2.47. The molecule has 0 bridgehead atoms. The Kier molecular flexibility index (Phi) is 3.47. The van der Waals surface area contributed by atoms with Crippen LogP contribution in [0.15, 0.2) is 6.20 Å². The molecule has 0 aliphatic heterocycles. The Morgan fingerprint density at radius 1 is 1.45 bits per heavy atom. The van der Waals surface area contributed by atoms with Gasteiger partial charge in [0, 0.05) is 18.1 Å². The van der Waals surface area contributed by atoms with Crippen LogP contribution in [0.2, 0.25) is 0 Å². The fourth-order valence-corrected chi connectivity index (χ4v) is 3.51. The zero-order chi connectivity index (χ0) is 14.3. The summed E-state index contributed by atoms with van der Waals surface area (Å²) >= 11 is 7.17. The number of nitrogens with one attached hydrogen (secondary N) is 1. The lowest BCUT2D eigenvalue weighted by Gasteiger charge is -2.02. The van der Waals surface area contributed by atoms with Crippen molar-refractivity contribution >= 4 is 34.7 Å². The summed E-state index contributed by atoms with van der Waals surface area (Å²) in [6.45, 7) is 4.92. The molecule has 3 heterocycles. The Bertz CT molecular complexity index is 805. The van der Waals surface area contributed by atoms with Crippen LogP contribution in [-0.4, -0.2) is 24.3 Å². The third-order valence-electron chi connectivity index (χ3n) is 3.29. The van der Waals surface area contributed by atoms with E-state index in [2.05, 4.69) is 26.6 Å². The average molecular weight is 307 g/mol. The van der Waals surface area contributed by atoms with Crippen molar-refractivity contribution < 1.29 is 0 Å². The van der Waals surface area contributed by atoms with Crippen LogP contribution < -0.4 is 0 Å². The van der Waals surface area contributed by atoms with Crippen molar-refractivity contribution in [3.05, 3.63) is 26.5 Å². The van der Waals surface area contributed by atoms with Gasteiger partial charge < -0.3 is 4.98 Å². The summed E-state index contributed by atoms with van der Waals surface area (Å²) in [7, 11) is 1.97. The molecule has 0 saturated carbocycles. The van der Waals surface area contributed by atoms with Crippen LogP contribution in [0.5, 0.6) is 0 Å². The zero-order valence-corrected chi connectivity index (χ0v) is 13.4. The number of aromatic nitrogens is 5. The van der Waals surface area contributed by atoms with Crippen molar-refractivity contribution in [2.45, 2.75) is 33.2 Å². The summed E-state index contributed by atoms with van der Waals surface area (Å²) in [5, 5.41) is 5.67. The molecule has 20 heavy (non-hydrogen) atoms. The van der Waals surface area contributed by atoms with Gasteiger partial charge in [0.05, 0.1) is 17.2 Å². The lowest BCUT2D eigenvalue weighted by Crippen LogP contribution is -2.03. The van der Waals surface area contributed by atoms with Crippen LogP contribution in [0.1, 0.15) is 28.9 Å². The lowest BCUT2D eigenvalue weighted by atomic mass is 10.2. The molecular formula is C13H17N5S2. The third kappa shape index (κ3) is 2.20. The number of aryl methyl sites for hydroxylation is 3. The Labute approximate surface area is 126 Å². The molecule has 3 aromatic rings. The maximum absolute atomic E-state index is 5.47. The van der Waals surface area contributed by atoms with Crippen LogP contribution in [0.4, 0.5) is 0 Å². The van der Waals surface area contributed by atoms with Gasteiger partial charge in [0.25, 0.3) is 0 Å². The molecule has 0 amide bonds. The molecule has 0 unspecified atom stereocenters. The summed E-state index contributed by atoms with van der Waals surface area (Å²) in [5.41, 5.74) is 3.22. The summed E-state index contributed by atoms with van der Waals surface area (Å²) < 4.78 is 4.76. The van der Waals surface area contributed by atoms with Gasteiger partial charge in [-0.15, -0.1) is 11.3 Å². The fraction of sp³-hybridized carbons (Fsp3) is 0.462. The molecule has 0 spiro atoms. The number of hydrogen-bond donors (Lipinski definition) is 1. The van der Waals surface area contributed by atoms with Gasteiger partial charge in [0.2, 0.25) is 0 Å². The zero-order valence-electron chi connectivity index (χ0n) is 11.8. The summed E-state index contributed by atoms with van der Waals surface area (Å²) in [4.78, 5) is 8.82. The second-order valence-corrected chi connectivity index (χ2v) is 6.59. The molecule has 0 atom stereocenters. The molecule has 7 heteroatoms. The van der Waals surface area contributed by atoms with Gasteiger partial charge in [-0.3, -0.25) is 9.25 Å². The van der Waals surface area contributed by atoms with Crippen LogP contribution in [0.3, 0.4) is 0 Å². The van der Waals surface area contributed by atoms with Crippen LogP contribution in [-0.2, 0) is 20.0 Å². The van der Waals surface area contributed by atoms with E-state index in [1.165, 1.54) is 4.88 Å². The average Bonchev–Trinajstić information content (AvgIpc) is 3.02. The molecule has 3 rings (SSSR count). The Hall–Kier alpha value is -1.47. The van der Waals surface area contributed by atoms with Gasteiger partial charge in [0.15, 0.2) is 10.4 Å². The minimum atomic E-state index is 0.745. The third-order valence-corrected chi connectivity index (χ3v) is 4.51. The summed E-state index contributed by atoms with van der Waals surface area (Å²) in [6.07, 6.45) is 3.96. The quantitative estimate of drug-likeness (QED) is 0.753. The number of imidazole rings is 1. The number of fused-ring (bicyclic) bond motifs is 1. The van der Waals surface area contributed by atoms with E-state index in [1.54, 1.807) is 11.3 Å². The van der Waals surface area contributed by atoms with Crippen molar-refractivity contribution in [3.63, 3.8) is 0 Å². The number of aromatic amines is 1. The minimum Gasteiger partial charge on any atom is -0.328 e. The highest BCUT2D eigenvalue weighted by Crippen LogP contribution is 2.21. The van der Waals surface area contributed by atoms with E-state index in [0.717, 1.165) is 46.0 Å². The van der Waals surface area contributed by atoms with Gasteiger partial charge >= 0.3 is 0 Å². The molecule has 1 N–H and O–H groups in total. The number of hydrogen-bond acceptors (Lipinski definition) is 4. The first-order valence-corrected chi connectivity index (χ1v) is 7.88. The number of H-pyrrole nitrogens is 1. The first kappa shape index (κ1) is 13.5. The molecule has 0 aliphatic carbocycles. The molecule has 0 fully saturated rings. The highest BCUT2D eigenvalue weighted by molar-refractivity contribution is 7.71. The SMILES string of the molecule is CCCc1nn(C)c2c1[nH]c(=S)n2Cc1cnc(C)s1. The monoisotopic (exact) mass is 307 g/mol. The van der Waals surface area contributed by atoms with E-state index in [-0.39, 0.29) is 0 Å².